The van der Waals surface area contributed by atoms with Crippen LogP contribution in [0, 0.1) is 5.92 Å². The Hall–Kier alpha value is -2.16. The number of hydrogen-bond acceptors (Lipinski definition) is 4. The molecule has 2 aliphatic rings. The number of nitrogens with one attached hydrogen (secondary N) is 1. The maximum absolute atomic E-state index is 12.6. The number of likely N-dealkylation sites (tertiary alicyclic amines) is 1. The van der Waals surface area contributed by atoms with Crippen LogP contribution < -0.4 is 5.56 Å². The van der Waals surface area contributed by atoms with Crippen LogP contribution in [0.15, 0.2) is 17.2 Å². The molecule has 0 unspecified atom stereocenters. The summed E-state index contributed by atoms with van der Waals surface area (Å²) in [4.78, 5) is 17.7. The molecule has 9 heteroatoms. The lowest BCUT2D eigenvalue weighted by atomic mass is 9.94. The summed E-state index contributed by atoms with van der Waals surface area (Å²) < 4.78 is 39.2. The third-order valence-electron chi connectivity index (χ3n) is 5.85. The molecule has 0 amide bonds. The van der Waals surface area contributed by atoms with Gasteiger partial charge in [-0.3, -0.25) is 19.4 Å². The summed E-state index contributed by atoms with van der Waals surface area (Å²) in [6.45, 7) is 3.04. The Bertz CT molecular complexity index is 880. The number of fused-ring (bicyclic) bond motifs is 1. The zero-order chi connectivity index (χ0) is 19.7. The Balaban J connectivity index is 1.32. The van der Waals surface area contributed by atoms with Gasteiger partial charge in [-0.1, -0.05) is 0 Å². The van der Waals surface area contributed by atoms with Crippen LogP contribution >= 0.6 is 0 Å². The Morgan fingerprint density at radius 1 is 1.18 bits per heavy atom. The quantitative estimate of drug-likeness (QED) is 0.865. The van der Waals surface area contributed by atoms with E-state index in [1.807, 2.05) is 0 Å². The first-order chi connectivity index (χ1) is 13.4. The molecule has 0 bridgehead atoms. The van der Waals surface area contributed by atoms with Gasteiger partial charge in [-0.05, 0) is 63.1 Å². The number of aromatic nitrogens is 4. The summed E-state index contributed by atoms with van der Waals surface area (Å²) in [6, 6.07) is 0.579. The summed E-state index contributed by atoms with van der Waals surface area (Å²) in [5, 5.41) is 7.68. The van der Waals surface area contributed by atoms with Gasteiger partial charge in [0.25, 0.3) is 5.56 Å². The zero-order valence-electron chi connectivity index (χ0n) is 15.6. The number of nitrogens with zero attached hydrogens (tertiary/aromatic N) is 4. The van der Waals surface area contributed by atoms with E-state index in [2.05, 4.69) is 20.1 Å². The van der Waals surface area contributed by atoms with Crippen LogP contribution in [0.25, 0.3) is 0 Å². The molecule has 1 saturated heterocycles. The van der Waals surface area contributed by atoms with E-state index in [0.717, 1.165) is 57.3 Å². The Labute approximate surface area is 160 Å². The fourth-order valence-corrected chi connectivity index (χ4v) is 4.22. The van der Waals surface area contributed by atoms with Crippen molar-refractivity contribution in [2.75, 3.05) is 13.1 Å². The molecule has 2 aromatic rings. The lowest BCUT2D eigenvalue weighted by Crippen LogP contribution is -2.36. The third-order valence-corrected chi connectivity index (χ3v) is 5.85. The second kappa shape index (κ2) is 7.69. The number of aromatic amines is 1. The van der Waals surface area contributed by atoms with Crippen LogP contribution in [0.5, 0.6) is 0 Å². The Morgan fingerprint density at radius 3 is 2.64 bits per heavy atom. The molecule has 0 spiro atoms. The minimum absolute atomic E-state index is 0.264. The van der Waals surface area contributed by atoms with Crippen LogP contribution in [-0.4, -0.2) is 37.7 Å². The van der Waals surface area contributed by atoms with Crippen molar-refractivity contribution in [2.45, 2.75) is 57.8 Å². The van der Waals surface area contributed by atoms with E-state index in [1.165, 1.54) is 28.7 Å². The van der Waals surface area contributed by atoms with Gasteiger partial charge in [0.2, 0.25) is 0 Å². The minimum atomic E-state index is -4.59. The molecule has 2 aromatic heterocycles. The molecular weight excluding hydrogens is 371 g/mol. The second-order valence-electron chi connectivity index (χ2n) is 7.82. The maximum Gasteiger partial charge on any atom is 0.433 e. The smallest absolute Gasteiger partial charge is 0.299 e. The fraction of sp³-hybridized carbons (Fsp3) is 0.632. The van der Waals surface area contributed by atoms with E-state index >= 15 is 0 Å². The summed E-state index contributed by atoms with van der Waals surface area (Å²) in [7, 11) is 0. The molecule has 0 saturated carbocycles. The highest BCUT2D eigenvalue weighted by atomic mass is 19.4. The van der Waals surface area contributed by atoms with Crippen molar-refractivity contribution in [3.05, 3.63) is 45.4 Å². The lowest BCUT2D eigenvalue weighted by Gasteiger charge is -2.32. The highest BCUT2D eigenvalue weighted by molar-refractivity contribution is 5.27. The van der Waals surface area contributed by atoms with Crippen LogP contribution in [0.1, 0.15) is 48.3 Å². The summed E-state index contributed by atoms with van der Waals surface area (Å²) in [5.74, 6) is 0.264. The summed E-state index contributed by atoms with van der Waals surface area (Å²) in [6.07, 6.45) is 2.86. The predicted octanol–water partition coefficient (Wildman–Crippen LogP) is 2.78. The highest BCUT2D eigenvalue weighted by Gasteiger charge is 2.33. The minimum Gasteiger partial charge on any atom is -0.299 e. The van der Waals surface area contributed by atoms with Crippen molar-refractivity contribution in [3.63, 3.8) is 0 Å². The van der Waals surface area contributed by atoms with Crippen LogP contribution in [0.2, 0.25) is 0 Å². The average molecular weight is 395 g/mol. The van der Waals surface area contributed by atoms with E-state index in [0.29, 0.717) is 12.6 Å². The van der Waals surface area contributed by atoms with Gasteiger partial charge in [-0.25, -0.2) is 4.98 Å². The molecule has 0 atom stereocenters. The lowest BCUT2D eigenvalue weighted by molar-refractivity contribution is -0.141. The van der Waals surface area contributed by atoms with E-state index in [9.17, 15) is 18.0 Å². The van der Waals surface area contributed by atoms with Gasteiger partial charge in [-0.15, -0.1) is 0 Å². The number of H-pyrrole nitrogens is 1. The van der Waals surface area contributed by atoms with Gasteiger partial charge in [0.1, 0.15) is 0 Å². The Morgan fingerprint density at radius 2 is 1.93 bits per heavy atom. The van der Waals surface area contributed by atoms with E-state index in [4.69, 9.17) is 0 Å². The van der Waals surface area contributed by atoms with Gasteiger partial charge in [0.15, 0.2) is 5.69 Å². The van der Waals surface area contributed by atoms with Crippen molar-refractivity contribution in [2.24, 2.45) is 5.92 Å². The SMILES string of the molecule is O=c1cc(C(F)(F)F)ncn1CC1CCN(Cc2n[nH]c3c2CCCC3)CC1. The topological polar surface area (TPSA) is 66.8 Å². The van der Waals surface area contributed by atoms with Gasteiger partial charge in [0, 0.05) is 24.8 Å². The highest BCUT2D eigenvalue weighted by Crippen LogP contribution is 2.27. The molecule has 0 aromatic carbocycles. The van der Waals surface area contributed by atoms with Crippen molar-refractivity contribution in [1.29, 1.82) is 0 Å². The van der Waals surface area contributed by atoms with Crippen molar-refractivity contribution in [3.8, 4) is 0 Å². The van der Waals surface area contributed by atoms with Crippen LogP contribution in [0.4, 0.5) is 13.2 Å². The molecule has 28 heavy (non-hydrogen) atoms. The van der Waals surface area contributed by atoms with Crippen molar-refractivity contribution >= 4 is 0 Å². The number of alkyl halides is 3. The second-order valence-corrected chi connectivity index (χ2v) is 7.82. The van der Waals surface area contributed by atoms with Crippen molar-refractivity contribution < 1.29 is 13.2 Å². The molecule has 1 fully saturated rings. The molecule has 1 aliphatic carbocycles. The van der Waals surface area contributed by atoms with Crippen LogP contribution in [-0.2, 0) is 32.1 Å². The number of rotatable bonds is 4. The first-order valence-corrected chi connectivity index (χ1v) is 9.81. The number of piperidine rings is 1. The number of halogens is 3. The predicted molar refractivity (Wildman–Crippen MR) is 96.7 cm³/mol. The van der Waals surface area contributed by atoms with Gasteiger partial charge in [0.05, 0.1) is 12.0 Å². The van der Waals surface area contributed by atoms with Gasteiger partial charge in [-0.2, -0.15) is 18.3 Å². The number of hydrogen-bond donors (Lipinski definition) is 1. The van der Waals surface area contributed by atoms with Gasteiger partial charge >= 0.3 is 6.18 Å². The molecule has 0 radical (unpaired) electrons. The van der Waals surface area contributed by atoms with E-state index in [1.54, 1.807) is 0 Å². The first-order valence-electron chi connectivity index (χ1n) is 9.81. The molecule has 152 valence electrons. The molecule has 1 N–H and O–H groups in total. The molecule has 6 nitrogen and oxygen atoms in total. The normalized spacial score (nSPS) is 19.0. The maximum atomic E-state index is 12.6. The standard InChI is InChI=1S/C19H24F3N5O/c20-19(21,22)17-9-18(28)27(12-23-17)10-13-5-7-26(8-6-13)11-16-14-3-1-2-4-15(14)24-25-16/h9,12-13H,1-8,10-11H2,(H,24,25). The summed E-state index contributed by atoms with van der Waals surface area (Å²) in [5.41, 5.74) is 2.04. The average Bonchev–Trinajstić information content (AvgIpc) is 3.07. The fourth-order valence-electron chi connectivity index (χ4n) is 4.22. The summed E-state index contributed by atoms with van der Waals surface area (Å²) >= 11 is 0. The largest absolute Gasteiger partial charge is 0.433 e. The molecule has 3 heterocycles. The first kappa shape index (κ1) is 19.2. The molecular formula is C19H24F3N5O. The van der Waals surface area contributed by atoms with Gasteiger partial charge < -0.3 is 0 Å². The monoisotopic (exact) mass is 395 g/mol. The van der Waals surface area contributed by atoms with Crippen LogP contribution in [0.3, 0.4) is 0 Å². The number of aryl methyl sites for hydroxylation is 1. The molecule has 4 rings (SSSR count). The third kappa shape index (κ3) is 4.14. The van der Waals surface area contributed by atoms with Crippen molar-refractivity contribution in [1.82, 2.24) is 24.6 Å². The van der Waals surface area contributed by atoms with E-state index in [-0.39, 0.29) is 5.92 Å². The Kier molecular flexibility index (Phi) is 5.27. The van der Waals surface area contributed by atoms with E-state index < -0.39 is 17.4 Å². The zero-order valence-corrected chi connectivity index (χ0v) is 15.6. The molecule has 1 aliphatic heterocycles.